The average molecular weight is 387 g/mol. The van der Waals surface area contributed by atoms with Crippen molar-refractivity contribution < 1.29 is 0 Å². The van der Waals surface area contributed by atoms with Crippen molar-refractivity contribution in [3.8, 4) is 11.1 Å². The van der Waals surface area contributed by atoms with Crippen LogP contribution in [0.25, 0.3) is 11.1 Å². The molecule has 0 aliphatic heterocycles. The first-order valence-electron chi connectivity index (χ1n) is 11.8. The molecular weight excluding hydrogens is 352 g/mol. The number of aromatic nitrogens is 2. The molecule has 2 aromatic rings. The van der Waals surface area contributed by atoms with Crippen LogP contribution in [0.2, 0.25) is 0 Å². The van der Waals surface area contributed by atoms with E-state index in [1.807, 2.05) is 0 Å². The minimum atomic E-state index is 0.446. The van der Waals surface area contributed by atoms with Crippen LogP contribution in [0.15, 0.2) is 54.6 Å². The maximum Gasteiger partial charge on any atom is 0.0737 e. The van der Waals surface area contributed by atoms with Crippen molar-refractivity contribution in [2.24, 2.45) is 11.8 Å². The molecule has 1 atom stereocenters. The maximum atomic E-state index is 5.32. The third-order valence-electron chi connectivity index (χ3n) is 7.35. The van der Waals surface area contributed by atoms with Gasteiger partial charge in [0.25, 0.3) is 0 Å². The van der Waals surface area contributed by atoms with Crippen LogP contribution < -0.4 is 0 Å². The van der Waals surface area contributed by atoms with E-state index in [0.29, 0.717) is 11.8 Å². The molecule has 3 aliphatic carbocycles. The van der Waals surface area contributed by atoms with Gasteiger partial charge in [-0.25, -0.2) is 0 Å². The van der Waals surface area contributed by atoms with Crippen LogP contribution in [0.3, 0.4) is 0 Å². The Bertz CT molecular complexity index is 877. The molecule has 2 heteroatoms. The van der Waals surface area contributed by atoms with Crippen LogP contribution in [0.1, 0.15) is 81.5 Å². The van der Waals surface area contributed by atoms with Crippen LogP contribution in [-0.2, 0) is 6.54 Å². The monoisotopic (exact) mass is 386 g/mol. The van der Waals surface area contributed by atoms with E-state index in [2.05, 4.69) is 66.2 Å². The smallest absolute Gasteiger partial charge is 0.0737 e. The van der Waals surface area contributed by atoms with E-state index in [1.54, 1.807) is 0 Å². The molecular formula is C27H34N2. The highest BCUT2D eigenvalue weighted by atomic mass is 15.3. The SMILES string of the molecule is CCC1CCC(Cn2nc(C3CC3)c(-c3ccccc3)c2C2C=CC=CC2)CC1. The summed E-state index contributed by atoms with van der Waals surface area (Å²) in [6.45, 7) is 3.46. The van der Waals surface area contributed by atoms with Gasteiger partial charge in [-0.2, -0.15) is 5.10 Å². The maximum absolute atomic E-state index is 5.32. The lowest BCUT2D eigenvalue weighted by atomic mass is 9.81. The minimum absolute atomic E-state index is 0.446. The minimum Gasteiger partial charge on any atom is -0.268 e. The van der Waals surface area contributed by atoms with E-state index in [9.17, 15) is 0 Å². The van der Waals surface area contributed by atoms with E-state index in [-0.39, 0.29) is 0 Å². The van der Waals surface area contributed by atoms with Gasteiger partial charge in [0.15, 0.2) is 0 Å². The number of hydrogen-bond acceptors (Lipinski definition) is 1. The van der Waals surface area contributed by atoms with Crippen molar-refractivity contribution in [1.29, 1.82) is 0 Å². The lowest BCUT2D eigenvalue weighted by Crippen LogP contribution is -2.21. The molecule has 29 heavy (non-hydrogen) atoms. The van der Waals surface area contributed by atoms with Crippen LogP contribution in [-0.4, -0.2) is 9.78 Å². The van der Waals surface area contributed by atoms with Gasteiger partial charge in [0.1, 0.15) is 0 Å². The van der Waals surface area contributed by atoms with Gasteiger partial charge in [0.2, 0.25) is 0 Å². The van der Waals surface area contributed by atoms with Gasteiger partial charge in [0, 0.05) is 23.9 Å². The van der Waals surface area contributed by atoms with E-state index in [4.69, 9.17) is 5.10 Å². The third kappa shape index (κ3) is 3.99. The van der Waals surface area contributed by atoms with E-state index < -0.39 is 0 Å². The second-order valence-corrected chi connectivity index (χ2v) is 9.42. The first-order valence-corrected chi connectivity index (χ1v) is 11.8. The Labute approximate surface area is 175 Å². The van der Waals surface area contributed by atoms with Crippen molar-refractivity contribution >= 4 is 0 Å². The molecule has 0 radical (unpaired) electrons. The summed E-state index contributed by atoms with van der Waals surface area (Å²) in [6.07, 6.45) is 19.7. The molecule has 1 aromatic carbocycles. The highest BCUT2D eigenvalue weighted by molar-refractivity contribution is 5.71. The molecule has 152 valence electrons. The van der Waals surface area contributed by atoms with E-state index >= 15 is 0 Å². The number of benzene rings is 1. The predicted octanol–water partition coefficient (Wildman–Crippen LogP) is 7.24. The summed E-state index contributed by atoms with van der Waals surface area (Å²) in [6, 6.07) is 11.0. The molecule has 2 nitrogen and oxygen atoms in total. The summed E-state index contributed by atoms with van der Waals surface area (Å²) < 4.78 is 2.45. The second kappa shape index (κ2) is 8.34. The first-order chi connectivity index (χ1) is 14.3. The van der Waals surface area contributed by atoms with Crippen molar-refractivity contribution in [2.75, 3.05) is 0 Å². The highest BCUT2D eigenvalue weighted by Crippen LogP contribution is 2.47. The topological polar surface area (TPSA) is 17.8 Å². The Hall–Kier alpha value is -2.09. The van der Waals surface area contributed by atoms with Crippen LogP contribution in [0, 0.1) is 11.8 Å². The normalized spacial score (nSPS) is 26.7. The van der Waals surface area contributed by atoms with Crippen molar-refractivity contribution in [3.05, 3.63) is 66.0 Å². The number of hydrogen-bond donors (Lipinski definition) is 0. The Morgan fingerprint density at radius 3 is 2.34 bits per heavy atom. The standard InChI is InChI=1S/C27H34N2/c1-2-20-13-15-21(16-14-20)19-29-27(24-11-7-4-8-12-24)25(22-9-5-3-6-10-22)26(28-29)23-17-18-23/h3-11,20-21,23-24H,2,12-19H2,1H3. The molecule has 5 rings (SSSR count). The highest BCUT2D eigenvalue weighted by Gasteiger charge is 2.34. The van der Waals surface area contributed by atoms with E-state index in [0.717, 1.165) is 24.8 Å². The second-order valence-electron chi connectivity index (χ2n) is 9.42. The number of rotatable bonds is 6. The van der Waals surface area contributed by atoms with Crippen LogP contribution >= 0.6 is 0 Å². The molecule has 0 N–H and O–H groups in total. The fraction of sp³-hybridized carbons (Fsp3) is 0.519. The number of nitrogens with zero attached hydrogens (tertiary/aromatic N) is 2. The lowest BCUT2D eigenvalue weighted by molar-refractivity contribution is 0.239. The molecule has 0 spiro atoms. The molecule has 1 aromatic heterocycles. The zero-order valence-corrected chi connectivity index (χ0v) is 17.8. The Balaban J connectivity index is 1.53. The molecule has 0 saturated heterocycles. The van der Waals surface area contributed by atoms with Gasteiger partial charge < -0.3 is 0 Å². The van der Waals surface area contributed by atoms with Crippen molar-refractivity contribution in [3.63, 3.8) is 0 Å². The Kier molecular flexibility index (Phi) is 5.44. The van der Waals surface area contributed by atoms with E-state index in [1.165, 1.54) is 67.5 Å². The third-order valence-corrected chi connectivity index (χ3v) is 7.35. The molecule has 2 saturated carbocycles. The molecule has 0 bridgehead atoms. The fourth-order valence-electron chi connectivity index (χ4n) is 5.40. The molecule has 0 amide bonds. The fourth-order valence-corrected chi connectivity index (χ4v) is 5.40. The lowest BCUT2D eigenvalue weighted by Gasteiger charge is -2.29. The summed E-state index contributed by atoms with van der Waals surface area (Å²) in [5, 5.41) is 5.32. The molecule has 3 aliphatic rings. The average Bonchev–Trinajstić information content (AvgIpc) is 3.57. The Morgan fingerprint density at radius 2 is 1.69 bits per heavy atom. The van der Waals surface area contributed by atoms with Gasteiger partial charge in [-0.1, -0.05) is 80.8 Å². The zero-order valence-electron chi connectivity index (χ0n) is 17.8. The summed E-state index contributed by atoms with van der Waals surface area (Å²) in [5.41, 5.74) is 5.64. The van der Waals surface area contributed by atoms with Crippen LogP contribution in [0.5, 0.6) is 0 Å². The zero-order chi connectivity index (χ0) is 19.6. The summed E-state index contributed by atoms with van der Waals surface area (Å²) in [4.78, 5) is 0. The molecule has 1 unspecified atom stereocenters. The molecule has 1 heterocycles. The van der Waals surface area contributed by atoms with Crippen molar-refractivity contribution in [1.82, 2.24) is 9.78 Å². The first kappa shape index (κ1) is 18.9. The number of allylic oxidation sites excluding steroid dienone is 4. The van der Waals surface area contributed by atoms with Gasteiger partial charge in [-0.15, -0.1) is 0 Å². The molecule has 2 fully saturated rings. The van der Waals surface area contributed by atoms with Crippen LogP contribution in [0.4, 0.5) is 0 Å². The summed E-state index contributed by atoms with van der Waals surface area (Å²) in [7, 11) is 0. The van der Waals surface area contributed by atoms with Gasteiger partial charge in [0.05, 0.1) is 11.4 Å². The summed E-state index contributed by atoms with van der Waals surface area (Å²) in [5.74, 6) is 2.86. The van der Waals surface area contributed by atoms with Gasteiger partial charge >= 0.3 is 0 Å². The summed E-state index contributed by atoms with van der Waals surface area (Å²) >= 11 is 0. The quantitative estimate of drug-likeness (QED) is 0.511. The largest absolute Gasteiger partial charge is 0.268 e. The van der Waals surface area contributed by atoms with Crippen molar-refractivity contribution in [2.45, 2.75) is 76.7 Å². The van der Waals surface area contributed by atoms with Gasteiger partial charge in [-0.05, 0) is 49.5 Å². The van der Waals surface area contributed by atoms with Gasteiger partial charge in [-0.3, -0.25) is 4.68 Å². The predicted molar refractivity (Wildman–Crippen MR) is 121 cm³/mol. The Morgan fingerprint density at radius 1 is 0.931 bits per heavy atom.